The van der Waals surface area contributed by atoms with Gasteiger partial charge in [0.15, 0.2) is 0 Å². The molecule has 0 fully saturated rings. The molecule has 0 aliphatic carbocycles. The SMILES string of the molecule is N=C(N)c1ccc(N(Cc2ccccc2)C(=O)CCC(=O)O)cc1. The molecule has 0 unspecified atom stereocenters. The molecule has 0 bridgehead atoms. The van der Waals surface area contributed by atoms with E-state index in [1.807, 2.05) is 30.3 Å². The lowest BCUT2D eigenvalue weighted by Crippen LogP contribution is -2.30. The summed E-state index contributed by atoms with van der Waals surface area (Å²) in [5, 5.41) is 16.2. The molecule has 24 heavy (non-hydrogen) atoms. The summed E-state index contributed by atoms with van der Waals surface area (Å²) in [6.07, 6.45) is -0.285. The van der Waals surface area contributed by atoms with Gasteiger partial charge >= 0.3 is 5.97 Å². The van der Waals surface area contributed by atoms with Crippen LogP contribution in [0.5, 0.6) is 0 Å². The molecule has 0 radical (unpaired) electrons. The molecule has 0 atom stereocenters. The number of carboxylic acid groups (broad SMARTS) is 1. The molecule has 0 aliphatic rings. The number of carbonyl (C=O) groups excluding carboxylic acids is 1. The topological polar surface area (TPSA) is 107 Å². The average Bonchev–Trinajstić information content (AvgIpc) is 2.58. The van der Waals surface area contributed by atoms with Gasteiger partial charge in [0.1, 0.15) is 5.84 Å². The minimum atomic E-state index is -1.00. The standard InChI is InChI=1S/C18H19N3O3/c19-18(20)14-6-8-15(9-7-14)21(16(22)10-11-17(23)24)12-13-4-2-1-3-5-13/h1-9H,10-12H2,(H3,19,20)(H,23,24). The Morgan fingerprint density at radius 1 is 1.00 bits per heavy atom. The number of anilines is 1. The van der Waals surface area contributed by atoms with E-state index in [1.165, 1.54) is 0 Å². The van der Waals surface area contributed by atoms with Crippen molar-refractivity contribution in [3.05, 3.63) is 65.7 Å². The number of amides is 1. The van der Waals surface area contributed by atoms with E-state index in [-0.39, 0.29) is 24.6 Å². The molecule has 2 rings (SSSR count). The molecule has 4 N–H and O–H groups in total. The van der Waals surface area contributed by atoms with Gasteiger partial charge < -0.3 is 15.7 Å². The van der Waals surface area contributed by atoms with E-state index in [0.29, 0.717) is 17.8 Å². The number of hydrogen-bond acceptors (Lipinski definition) is 3. The summed E-state index contributed by atoms with van der Waals surface area (Å²) in [6.45, 7) is 0.346. The Hall–Kier alpha value is -3.15. The van der Waals surface area contributed by atoms with Crippen LogP contribution in [0, 0.1) is 5.41 Å². The minimum absolute atomic E-state index is 0.0478. The maximum absolute atomic E-state index is 12.5. The molecule has 0 aliphatic heterocycles. The number of nitrogens with zero attached hydrogens (tertiary/aromatic N) is 1. The van der Waals surface area contributed by atoms with Crippen molar-refractivity contribution in [1.82, 2.24) is 0 Å². The lowest BCUT2D eigenvalue weighted by molar-refractivity contribution is -0.138. The second-order valence-electron chi connectivity index (χ2n) is 5.32. The van der Waals surface area contributed by atoms with Gasteiger partial charge in [-0.1, -0.05) is 30.3 Å². The average molecular weight is 325 g/mol. The third-order valence-electron chi connectivity index (χ3n) is 3.53. The summed E-state index contributed by atoms with van der Waals surface area (Å²) in [7, 11) is 0. The zero-order valence-electron chi connectivity index (χ0n) is 13.1. The van der Waals surface area contributed by atoms with Crippen molar-refractivity contribution in [3.8, 4) is 0 Å². The van der Waals surface area contributed by atoms with E-state index in [9.17, 15) is 9.59 Å². The molecule has 0 saturated carbocycles. The number of aliphatic carboxylic acids is 1. The highest BCUT2D eigenvalue weighted by atomic mass is 16.4. The molecule has 0 spiro atoms. The maximum Gasteiger partial charge on any atom is 0.303 e. The fraction of sp³-hybridized carbons (Fsp3) is 0.167. The molecule has 0 aromatic heterocycles. The Kier molecular flexibility index (Phi) is 5.68. The van der Waals surface area contributed by atoms with E-state index in [0.717, 1.165) is 5.56 Å². The molecule has 124 valence electrons. The van der Waals surface area contributed by atoms with Crippen LogP contribution in [0.3, 0.4) is 0 Å². The predicted molar refractivity (Wildman–Crippen MR) is 92.0 cm³/mol. The van der Waals surface area contributed by atoms with Gasteiger partial charge in [0, 0.05) is 17.7 Å². The minimum Gasteiger partial charge on any atom is -0.481 e. The Balaban J connectivity index is 2.25. The summed E-state index contributed by atoms with van der Waals surface area (Å²) in [5.41, 5.74) is 7.59. The Morgan fingerprint density at radius 2 is 1.62 bits per heavy atom. The van der Waals surface area contributed by atoms with E-state index in [1.54, 1.807) is 29.2 Å². The Bertz CT molecular complexity index is 727. The zero-order chi connectivity index (χ0) is 17.5. The summed E-state index contributed by atoms with van der Waals surface area (Å²) in [5.74, 6) is -1.32. The number of hydrogen-bond donors (Lipinski definition) is 3. The van der Waals surface area contributed by atoms with Crippen LogP contribution in [0.4, 0.5) is 5.69 Å². The number of carbonyl (C=O) groups is 2. The van der Waals surface area contributed by atoms with Crippen molar-refractivity contribution in [2.75, 3.05) is 4.90 Å². The van der Waals surface area contributed by atoms with E-state index < -0.39 is 5.97 Å². The highest BCUT2D eigenvalue weighted by Gasteiger charge is 2.17. The van der Waals surface area contributed by atoms with Gasteiger partial charge in [-0.3, -0.25) is 15.0 Å². The van der Waals surface area contributed by atoms with E-state index in [4.69, 9.17) is 16.2 Å². The predicted octanol–water partition coefficient (Wildman–Crippen LogP) is 2.37. The van der Waals surface area contributed by atoms with E-state index >= 15 is 0 Å². The van der Waals surface area contributed by atoms with Crippen LogP contribution in [0.25, 0.3) is 0 Å². The Morgan fingerprint density at radius 3 is 2.17 bits per heavy atom. The largest absolute Gasteiger partial charge is 0.481 e. The summed E-state index contributed by atoms with van der Waals surface area (Å²) in [6, 6.07) is 16.2. The molecule has 0 heterocycles. The summed E-state index contributed by atoms with van der Waals surface area (Å²) < 4.78 is 0. The highest BCUT2D eigenvalue weighted by Crippen LogP contribution is 2.20. The molecule has 2 aromatic carbocycles. The number of nitrogens with one attached hydrogen (secondary N) is 1. The quantitative estimate of drug-likeness (QED) is 0.536. The number of carboxylic acids is 1. The van der Waals surface area contributed by atoms with Crippen molar-refractivity contribution < 1.29 is 14.7 Å². The van der Waals surface area contributed by atoms with Gasteiger partial charge in [-0.25, -0.2) is 0 Å². The normalized spacial score (nSPS) is 10.2. The number of nitrogens with two attached hydrogens (primary N) is 1. The van der Waals surface area contributed by atoms with E-state index in [2.05, 4.69) is 0 Å². The first-order valence-corrected chi connectivity index (χ1v) is 7.48. The molecule has 6 nitrogen and oxygen atoms in total. The smallest absolute Gasteiger partial charge is 0.303 e. The van der Waals surface area contributed by atoms with Crippen LogP contribution in [0.1, 0.15) is 24.0 Å². The second kappa shape index (κ2) is 7.92. The second-order valence-corrected chi connectivity index (χ2v) is 5.32. The van der Waals surface area contributed by atoms with Gasteiger partial charge in [-0.05, 0) is 29.8 Å². The fourth-order valence-electron chi connectivity index (χ4n) is 2.26. The zero-order valence-corrected chi connectivity index (χ0v) is 13.1. The number of rotatable bonds is 7. The van der Waals surface area contributed by atoms with Crippen molar-refractivity contribution in [2.24, 2.45) is 5.73 Å². The first kappa shape index (κ1) is 17.2. The van der Waals surface area contributed by atoms with Gasteiger partial charge in [0.25, 0.3) is 0 Å². The molecular formula is C18H19N3O3. The number of amidine groups is 1. The third kappa shape index (κ3) is 4.67. The monoisotopic (exact) mass is 325 g/mol. The molecule has 2 aromatic rings. The van der Waals surface area contributed by atoms with Crippen molar-refractivity contribution >= 4 is 23.4 Å². The number of nitrogen functional groups attached to an aromatic ring is 1. The molecular weight excluding hydrogens is 306 g/mol. The maximum atomic E-state index is 12.5. The van der Waals surface area contributed by atoms with Crippen molar-refractivity contribution in [2.45, 2.75) is 19.4 Å². The van der Waals surface area contributed by atoms with Gasteiger partial charge in [-0.15, -0.1) is 0 Å². The van der Waals surface area contributed by atoms with Crippen LogP contribution in [-0.2, 0) is 16.1 Å². The van der Waals surface area contributed by atoms with Crippen LogP contribution in [-0.4, -0.2) is 22.8 Å². The van der Waals surface area contributed by atoms with Crippen molar-refractivity contribution in [3.63, 3.8) is 0 Å². The van der Waals surface area contributed by atoms with Gasteiger partial charge in [-0.2, -0.15) is 0 Å². The fourth-order valence-corrected chi connectivity index (χ4v) is 2.26. The van der Waals surface area contributed by atoms with Crippen LogP contribution in [0.15, 0.2) is 54.6 Å². The summed E-state index contributed by atoms with van der Waals surface area (Å²) in [4.78, 5) is 24.7. The number of benzene rings is 2. The molecule has 0 saturated heterocycles. The van der Waals surface area contributed by atoms with Crippen molar-refractivity contribution in [1.29, 1.82) is 5.41 Å². The first-order valence-electron chi connectivity index (χ1n) is 7.48. The van der Waals surface area contributed by atoms with Crippen LogP contribution >= 0.6 is 0 Å². The molecule has 1 amide bonds. The van der Waals surface area contributed by atoms with Gasteiger partial charge in [0.05, 0.1) is 13.0 Å². The Labute approximate surface area is 140 Å². The van der Waals surface area contributed by atoms with Crippen LogP contribution in [0.2, 0.25) is 0 Å². The van der Waals surface area contributed by atoms with Gasteiger partial charge in [0.2, 0.25) is 5.91 Å². The first-order chi connectivity index (χ1) is 11.5. The lowest BCUT2D eigenvalue weighted by atomic mass is 10.1. The third-order valence-corrected chi connectivity index (χ3v) is 3.53. The van der Waals surface area contributed by atoms with Crippen LogP contribution < -0.4 is 10.6 Å². The summed E-state index contributed by atoms with van der Waals surface area (Å²) >= 11 is 0. The highest BCUT2D eigenvalue weighted by molar-refractivity contribution is 5.97. The molecule has 6 heteroatoms. The lowest BCUT2D eigenvalue weighted by Gasteiger charge is -2.23.